The molecule has 22 heavy (non-hydrogen) atoms. The number of carbonyl (C=O) groups is 1. The van der Waals surface area contributed by atoms with Crippen molar-refractivity contribution in [2.45, 2.75) is 38.6 Å². The van der Waals surface area contributed by atoms with E-state index in [1.165, 1.54) is 24.3 Å². The summed E-state index contributed by atoms with van der Waals surface area (Å²) in [5.41, 5.74) is 0. The number of hydrogen-bond donors (Lipinski definition) is 1. The number of sulfonamides is 1. The molecule has 0 radical (unpaired) electrons. The Balaban J connectivity index is 2.90. The van der Waals surface area contributed by atoms with Gasteiger partial charge in [-0.05, 0) is 36.1 Å². The first-order valence-corrected chi connectivity index (χ1v) is 8.94. The van der Waals surface area contributed by atoms with Gasteiger partial charge in [0.05, 0.1) is 11.5 Å². The van der Waals surface area contributed by atoms with Crippen LogP contribution in [0.2, 0.25) is 5.02 Å². The molecule has 0 aliphatic rings. The molecule has 0 saturated heterocycles. The first-order valence-electron chi connectivity index (χ1n) is 7.08. The summed E-state index contributed by atoms with van der Waals surface area (Å²) in [5.74, 6) is -0.618. The lowest BCUT2D eigenvalue weighted by Gasteiger charge is -2.21. The summed E-state index contributed by atoms with van der Waals surface area (Å²) in [4.78, 5) is 12.1. The normalized spacial score (nSPS) is 13.4. The van der Waals surface area contributed by atoms with E-state index in [1.54, 1.807) is 13.8 Å². The third-order valence-corrected chi connectivity index (χ3v) is 4.59. The van der Waals surface area contributed by atoms with Crippen molar-refractivity contribution in [1.29, 1.82) is 0 Å². The van der Waals surface area contributed by atoms with Crippen LogP contribution in [-0.2, 0) is 19.6 Å². The lowest BCUT2D eigenvalue weighted by Crippen LogP contribution is -2.45. The Kier molecular flexibility index (Phi) is 6.84. The van der Waals surface area contributed by atoms with E-state index < -0.39 is 22.0 Å². The molecule has 5 nitrogen and oxygen atoms in total. The molecule has 0 aliphatic carbocycles. The molecule has 0 fully saturated rings. The average molecular weight is 348 g/mol. The Labute approximate surface area is 137 Å². The number of benzene rings is 1. The zero-order chi connectivity index (χ0) is 16.9. The summed E-state index contributed by atoms with van der Waals surface area (Å²) in [6.07, 6.45) is 0. The summed E-state index contributed by atoms with van der Waals surface area (Å²) in [7, 11) is -3.81. The van der Waals surface area contributed by atoms with Crippen LogP contribution in [0.1, 0.15) is 27.7 Å². The van der Waals surface area contributed by atoms with Crippen molar-refractivity contribution in [2.24, 2.45) is 11.8 Å². The van der Waals surface area contributed by atoms with Crippen LogP contribution in [0.3, 0.4) is 0 Å². The van der Waals surface area contributed by atoms with E-state index in [0.29, 0.717) is 5.02 Å². The Hall–Kier alpha value is -1.11. The van der Waals surface area contributed by atoms with Crippen LogP contribution in [0.4, 0.5) is 0 Å². The molecule has 0 heterocycles. The fraction of sp³-hybridized carbons (Fsp3) is 0.533. The number of hydrogen-bond acceptors (Lipinski definition) is 4. The average Bonchev–Trinajstić information content (AvgIpc) is 2.42. The molecule has 0 saturated carbocycles. The maximum atomic E-state index is 12.3. The van der Waals surface area contributed by atoms with Crippen molar-refractivity contribution < 1.29 is 17.9 Å². The van der Waals surface area contributed by atoms with Crippen molar-refractivity contribution in [3.05, 3.63) is 29.3 Å². The van der Waals surface area contributed by atoms with Crippen molar-refractivity contribution in [3.63, 3.8) is 0 Å². The predicted octanol–water partition coefficient (Wildman–Crippen LogP) is 2.84. The van der Waals surface area contributed by atoms with E-state index in [9.17, 15) is 13.2 Å². The molecule has 1 aromatic rings. The quantitative estimate of drug-likeness (QED) is 0.770. The Morgan fingerprint density at radius 1 is 1.18 bits per heavy atom. The first-order chi connectivity index (χ1) is 10.1. The molecule has 124 valence electrons. The van der Waals surface area contributed by atoms with Gasteiger partial charge in [0.2, 0.25) is 10.0 Å². The molecule has 0 unspecified atom stereocenters. The SMILES string of the molecule is CC(C)COC(=O)[C@@H](NS(=O)(=O)c1ccc(Cl)cc1)C(C)C. The van der Waals surface area contributed by atoms with Gasteiger partial charge < -0.3 is 4.74 Å². The second-order valence-corrected chi connectivity index (χ2v) is 7.97. The van der Waals surface area contributed by atoms with E-state index in [-0.39, 0.29) is 23.3 Å². The van der Waals surface area contributed by atoms with Crippen molar-refractivity contribution in [1.82, 2.24) is 4.72 Å². The summed E-state index contributed by atoms with van der Waals surface area (Å²) in [6.45, 7) is 7.59. The van der Waals surface area contributed by atoms with E-state index in [0.717, 1.165) is 0 Å². The van der Waals surface area contributed by atoms with E-state index >= 15 is 0 Å². The Morgan fingerprint density at radius 2 is 1.73 bits per heavy atom. The van der Waals surface area contributed by atoms with Crippen LogP contribution in [0.15, 0.2) is 29.2 Å². The molecule has 0 aliphatic heterocycles. The zero-order valence-corrected chi connectivity index (χ0v) is 14.7. The minimum Gasteiger partial charge on any atom is -0.464 e. The monoisotopic (exact) mass is 347 g/mol. The highest BCUT2D eigenvalue weighted by molar-refractivity contribution is 7.89. The number of halogens is 1. The van der Waals surface area contributed by atoms with Crippen LogP contribution in [0.25, 0.3) is 0 Å². The van der Waals surface area contributed by atoms with Crippen LogP contribution in [0.5, 0.6) is 0 Å². The van der Waals surface area contributed by atoms with E-state index in [2.05, 4.69) is 4.72 Å². The molecule has 1 N–H and O–H groups in total. The minimum atomic E-state index is -3.81. The maximum Gasteiger partial charge on any atom is 0.324 e. The first kappa shape index (κ1) is 18.9. The molecular weight excluding hydrogens is 326 g/mol. The molecule has 0 aromatic heterocycles. The van der Waals surface area contributed by atoms with Gasteiger partial charge in [-0.3, -0.25) is 4.79 Å². The smallest absolute Gasteiger partial charge is 0.324 e. The largest absolute Gasteiger partial charge is 0.464 e. The second-order valence-electron chi connectivity index (χ2n) is 5.82. The summed E-state index contributed by atoms with van der Waals surface area (Å²) in [5, 5.41) is 0.440. The predicted molar refractivity (Wildman–Crippen MR) is 86.2 cm³/mol. The summed E-state index contributed by atoms with van der Waals surface area (Å²) >= 11 is 5.75. The molecular formula is C15H22ClNO4S. The molecule has 1 aromatic carbocycles. The summed E-state index contributed by atoms with van der Waals surface area (Å²) in [6, 6.07) is 4.82. The lowest BCUT2D eigenvalue weighted by atomic mass is 10.1. The third-order valence-electron chi connectivity index (χ3n) is 2.89. The molecule has 7 heteroatoms. The van der Waals surface area contributed by atoms with Gasteiger partial charge in [0, 0.05) is 5.02 Å². The number of rotatable bonds is 7. The van der Waals surface area contributed by atoms with Gasteiger partial charge in [-0.25, -0.2) is 8.42 Å². The second kappa shape index (κ2) is 7.94. The standard InChI is InChI=1S/C15H22ClNO4S/c1-10(2)9-21-15(18)14(11(3)4)17-22(19,20)13-7-5-12(16)6-8-13/h5-8,10-11,14,17H,9H2,1-4H3/t14-/m0/s1. The van der Waals surface area contributed by atoms with Crippen molar-refractivity contribution in [3.8, 4) is 0 Å². The molecule has 0 spiro atoms. The number of ether oxygens (including phenoxy) is 1. The molecule has 1 atom stereocenters. The maximum absolute atomic E-state index is 12.3. The van der Waals surface area contributed by atoms with Gasteiger partial charge in [0.15, 0.2) is 0 Å². The number of esters is 1. The van der Waals surface area contributed by atoms with Crippen molar-refractivity contribution in [2.75, 3.05) is 6.61 Å². The van der Waals surface area contributed by atoms with Gasteiger partial charge in [-0.2, -0.15) is 4.72 Å². The zero-order valence-electron chi connectivity index (χ0n) is 13.2. The molecule has 0 amide bonds. The van der Waals surface area contributed by atoms with Crippen molar-refractivity contribution >= 4 is 27.6 Å². The van der Waals surface area contributed by atoms with Crippen LogP contribution < -0.4 is 4.72 Å². The topological polar surface area (TPSA) is 72.5 Å². The van der Waals surface area contributed by atoms with E-state index in [4.69, 9.17) is 16.3 Å². The van der Waals surface area contributed by atoms with Gasteiger partial charge in [-0.15, -0.1) is 0 Å². The summed E-state index contributed by atoms with van der Waals surface area (Å²) < 4.78 is 32.2. The highest BCUT2D eigenvalue weighted by Gasteiger charge is 2.29. The minimum absolute atomic E-state index is 0.0548. The number of carbonyl (C=O) groups excluding carboxylic acids is 1. The van der Waals surface area contributed by atoms with Crippen LogP contribution in [-0.4, -0.2) is 27.0 Å². The van der Waals surface area contributed by atoms with Crippen LogP contribution in [0, 0.1) is 11.8 Å². The fourth-order valence-corrected chi connectivity index (χ4v) is 3.10. The van der Waals surface area contributed by atoms with Gasteiger partial charge in [0.25, 0.3) is 0 Å². The lowest BCUT2D eigenvalue weighted by molar-refractivity contribution is -0.147. The highest BCUT2D eigenvalue weighted by Crippen LogP contribution is 2.16. The number of nitrogens with one attached hydrogen (secondary N) is 1. The third kappa shape index (κ3) is 5.59. The van der Waals surface area contributed by atoms with Gasteiger partial charge >= 0.3 is 5.97 Å². The molecule has 1 rings (SSSR count). The Bertz CT molecular complexity index is 596. The highest BCUT2D eigenvalue weighted by atomic mass is 35.5. The molecule has 0 bridgehead atoms. The van der Waals surface area contributed by atoms with E-state index in [1.807, 2.05) is 13.8 Å². The fourth-order valence-electron chi connectivity index (χ4n) is 1.64. The van der Waals surface area contributed by atoms with Crippen LogP contribution >= 0.6 is 11.6 Å². The van der Waals surface area contributed by atoms with Gasteiger partial charge in [0.1, 0.15) is 6.04 Å². The Morgan fingerprint density at radius 3 is 2.18 bits per heavy atom. The van der Waals surface area contributed by atoms with Gasteiger partial charge in [-0.1, -0.05) is 39.3 Å².